The van der Waals surface area contributed by atoms with E-state index in [-0.39, 0.29) is 0 Å². The molecule has 0 atom stereocenters. The van der Waals surface area contributed by atoms with Crippen molar-refractivity contribution in [1.82, 2.24) is 4.90 Å². The lowest BCUT2D eigenvalue weighted by Crippen LogP contribution is -2.30. The second-order valence-electron chi connectivity index (χ2n) is 5.29. The van der Waals surface area contributed by atoms with Crippen LogP contribution in [0.4, 0.5) is 5.69 Å². The molecule has 0 aromatic heterocycles. The molecule has 0 radical (unpaired) electrons. The molecule has 0 fully saturated rings. The monoisotopic (exact) mass is 292 g/mol. The molecule has 1 N–H and O–H groups in total. The largest absolute Gasteiger partial charge is 0.478 e. The van der Waals surface area contributed by atoms with Crippen LogP contribution in [0.5, 0.6) is 0 Å². The van der Waals surface area contributed by atoms with Crippen LogP contribution >= 0.6 is 0 Å². The van der Waals surface area contributed by atoms with Crippen LogP contribution in [-0.2, 0) is 0 Å². The second kappa shape index (κ2) is 8.67. The van der Waals surface area contributed by atoms with E-state index in [4.69, 9.17) is 0 Å². The smallest absolute Gasteiger partial charge is 0.337 e. The van der Waals surface area contributed by atoms with Crippen molar-refractivity contribution >= 4 is 11.7 Å². The Kier molecular flexibility index (Phi) is 7.23. The number of anilines is 1. The van der Waals surface area contributed by atoms with Gasteiger partial charge in [-0.25, -0.2) is 4.79 Å². The van der Waals surface area contributed by atoms with Gasteiger partial charge in [0, 0.05) is 13.1 Å². The number of aryl methyl sites for hydroxylation is 1. The van der Waals surface area contributed by atoms with Crippen molar-refractivity contribution in [2.45, 2.75) is 34.1 Å². The Labute approximate surface area is 128 Å². The lowest BCUT2D eigenvalue weighted by Gasteiger charge is -2.26. The van der Waals surface area contributed by atoms with Crippen LogP contribution in [0.25, 0.3) is 0 Å². The minimum absolute atomic E-state index is 0.402. The fourth-order valence-electron chi connectivity index (χ4n) is 2.57. The normalized spacial score (nSPS) is 10.9. The van der Waals surface area contributed by atoms with E-state index in [0.717, 1.165) is 50.4 Å². The maximum Gasteiger partial charge on any atom is 0.337 e. The summed E-state index contributed by atoms with van der Waals surface area (Å²) in [6.45, 7) is 13.2. The SMILES string of the molecule is CCN(CC)CCCN(CC)c1ccc(C)cc1C(=O)O. The summed E-state index contributed by atoms with van der Waals surface area (Å²) < 4.78 is 0. The minimum atomic E-state index is -0.851. The van der Waals surface area contributed by atoms with Crippen molar-refractivity contribution in [3.8, 4) is 0 Å². The molecule has 0 spiro atoms. The molecule has 0 bridgehead atoms. The summed E-state index contributed by atoms with van der Waals surface area (Å²) in [5.41, 5.74) is 2.21. The van der Waals surface area contributed by atoms with Gasteiger partial charge in [-0.15, -0.1) is 0 Å². The summed E-state index contributed by atoms with van der Waals surface area (Å²) in [6, 6.07) is 5.67. The van der Waals surface area contributed by atoms with Crippen LogP contribution in [0, 0.1) is 6.92 Å². The van der Waals surface area contributed by atoms with Crippen molar-refractivity contribution in [1.29, 1.82) is 0 Å². The first-order valence-electron chi connectivity index (χ1n) is 7.84. The highest BCUT2D eigenvalue weighted by Gasteiger charge is 2.15. The molecule has 118 valence electrons. The molecule has 0 aliphatic carbocycles. The van der Waals surface area contributed by atoms with Gasteiger partial charge in [0.25, 0.3) is 0 Å². The van der Waals surface area contributed by atoms with E-state index in [1.54, 1.807) is 6.07 Å². The topological polar surface area (TPSA) is 43.8 Å². The van der Waals surface area contributed by atoms with E-state index < -0.39 is 5.97 Å². The summed E-state index contributed by atoms with van der Waals surface area (Å²) >= 11 is 0. The second-order valence-corrected chi connectivity index (χ2v) is 5.29. The third-order valence-electron chi connectivity index (χ3n) is 3.90. The number of benzene rings is 1. The summed E-state index contributed by atoms with van der Waals surface area (Å²) in [7, 11) is 0. The van der Waals surface area contributed by atoms with Crippen molar-refractivity contribution in [3.63, 3.8) is 0 Å². The van der Waals surface area contributed by atoms with Gasteiger partial charge in [0.15, 0.2) is 0 Å². The molecule has 0 unspecified atom stereocenters. The van der Waals surface area contributed by atoms with E-state index in [1.807, 2.05) is 19.1 Å². The maximum atomic E-state index is 11.4. The molecular formula is C17H28N2O2. The summed E-state index contributed by atoms with van der Waals surface area (Å²) in [4.78, 5) is 16.0. The first-order valence-corrected chi connectivity index (χ1v) is 7.84. The predicted molar refractivity (Wildman–Crippen MR) is 88.4 cm³/mol. The van der Waals surface area contributed by atoms with Crippen LogP contribution in [0.2, 0.25) is 0 Å². The van der Waals surface area contributed by atoms with Gasteiger partial charge in [0.2, 0.25) is 0 Å². The van der Waals surface area contributed by atoms with Crippen LogP contribution in [-0.4, -0.2) is 48.7 Å². The number of aromatic carboxylic acids is 1. The molecule has 1 rings (SSSR count). The Balaban J connectivity index is 2.78. The van der Waals surface area contributed by atoms with Gasteiger partial charge in [-0.1, -0.05) is 25.5 Å². The first kappa shape index (κ1) is 17.5. The number of hydrogen-bond acceptors (Lipinski definition) is 3. The zero-order chi connectivity index (χ0) is 15.8. The molecule has 0 saturated carbocycles. The lowest BCUT2D eigenvalue weighted by atomic mass is 10.1. The Bertz CT molecular complexity index is 456. The van der Waals surface area contributed by atoms with Gasteiger partial charge in [0.05, 0.1) is 11.3 Å². The Morgan fingerprint density at radius 3 is 2.29 bits per heavy atom. The number of rotatable bonds is 9. The number of hydrogen-bond donors (Lipinski definition) is 1. The molecule has 0 amide bonds. The number of carboxylic acid groups (broad SMARTS) is 1. The van der Waals surface area contributed by atoms with Gasteiger partial charge in [-0.2, -0.15) is 0 Å². The van der Waals surface area contributed by atoms with Crippen LogP contribution in [0.1, 0.15) is 43.1 Å². The minimum Gasteiger partial charge on any atom is -0.478 e. The van der Waals surface area contributed by atoms with Crippen molar-refractivity contribution in [3.05, 3.63) is 29.3 Å². The summed E-state index contributed by atoms with van der Waals surface area (Å²) in [5, 5.41) is 9.39. The van der Waals surface area contributed by atoms with E-state index >= 15 is 0 Å². The quantitative estimate of drug-likeness (QED) is 0.759. The van der Waals surface area contributed by atoms with E-state index in [2.05, 4.69) is 30.6 Å². The molecule has 1 aromatic rings. The molecule has 1 aromatic carbocycles. The standard InChI is InChI=1S/C17H28N2O2/c1-5-18(6-2)11-8-12-19(7-3)16-10-9-14(4)13-15(16)17(20)21/h9-10,13H,5-8,11-12H2,1-4H3,(H,20,21). The van der Waals surface area contributed by atoms with Crippen molar-refractivity contribution in [2.24, 2.45) is 0 Å². The summed E-state index contributed by atoms with van der Waals surface area (Å²) in [5.74, 6) is -0.851. The molecular weight excluding hydrogens is 264 g/mol. The zero-order valence-electron chi connectivity index (χ0n) is 13.7. The highest BCUT2D eigenvalue weighted by atomic mass is 16.4. The van der Waals surface area contributed by atoms with Crippen LogP contribution < -0.4 is 4.90 Å². The van der Waals surface area contributed by atoms with Crippen LogP contribution in [0.3, 0.4) is 0 Å². The van der Waals surface area contributed by atoms with Gasteiger partial charge in [-0.05, 0) is 52.0 Å². The van der Waals surface area contributed by atoms with E-state index in [0.29, 0.717) is 5.56 Å². The first-order chi connectivity index (χ1) is 10.0. The van der Waals surface area contributed by atoms with Gasteiger partial charge < -0.3 is 14.9 Å². The maximum absolute atomic E-state index is 11.4. The third-order valence-corrected chi connectivity index (χ3v) is 3.90. The number of nitrogens with zero attached hydrogens (tertiary/aromatic N) is 2. The predicted octanol–water partition coefficient (Wildman–Crippen LogP) is 3.25. The van der Waals surface area contributed by atoms with Crippen molar-refractivity contribution in [2.75, 3.05) is 37.6 Å². The number of carbonyl (C=O) groups is 1. The van der Waals surface area contributed by atoms with E-state index in [9.17, 15) is 9.90 Å². The molecule has 0 saturated heterocycles. The fraction of sp³-hybridized carbons (Fsp3) is 0.588. The summed E-state index contributed by atoms with van der Waals surface area (Å²) in [6.07, 6.45) is 1.04. The highest BCUT2D eigenvalue weighted by molar-refractivity contribution is 5.94. The molecule has 4 heteroatoms. The van der Waals surface area contributed by atoms with Gasteiger partial charge in [0.1, 0.15) is 0 Å². The number of carboxylic acids is 1. The average Bonchev–Trinajstić information content (AvgIpc) is 2.48. The van der Waals surface area contributed by atoms with Crippen LogP contribution in [0.15, 0.2) is 18.2 Å². The molecule has 0 aliphatic rings. The average molecular weight is 292 g/mol. The molecule has 0 aliphatic heterocycles. The van der Waals surface area contributed by atoms with Gasteiger partial charge >= 0.3 is 5.97 Å². The molecule has 0 heterocycles. The Morgan fingerprint density at radius 1 is 1.10 bits per heavy atom. The highest BCUT2D eigenvalue weighted by Crippen LogP contribution is 2.22. The van der Waals surface area contributed by atoms with Gasteiger partial charge in [-0.3, -0.25) is 0 Å². The Hall–Kier alpha value is -1.55. The fourth-order valence-corrected chi connectivity index (χ4v) is 2.57. The van der Waals surface area contributed by atoms with E-state index in [1.165, 1.54) is 0 Å². The van der Waals surface area contributed by atoms with Crippen molar-refractivity contribution < 1.29 is 9.90 Å². The zero-order valence-corrected chi connectivity index (χ0v) is 13.7. The third kappa shape index (κ3) is 5.05. The molecule has 21 heavy (non-hydrogen) atoms. The lowest BCUT2D eigenvalue weighted by molar-refractivity contribution is 0.0697. The Morgan fingerprint density at radius 2 is 1.76 bits per heavy atom. The molecule has 4 nitrogen and oxygen atoms in total.